The van der Waals surface area contributed by atoms with Gasteiger partial charge in [-0.15, -0.1) is 0 Å². The molecule has 6 aliphatic rings. The first kappa shape index (κ1) is 35.9. The van der Waals surface area contributed by atoms with Crippen LogP contribution in [0, 0.1) is 5.82 Å². The summed E-state index contributed by atoms with van der Waals surface area (Å²) in [6.07, 6.45) is 12.1. The molecule has 294 valence electrons. The molecule has 1 N–H and O–H groups in total. The lowest BCUT2D eigenvalue weighted by Gasteiger charge is -2.40. The molecule has 2 aromatic heterocycles. The first-order valence-corrected chi connectivity index (χ1v) is 20.5. The van der Waals surface area contributed by atoms with Crippen LogP contribution < -0.4 is 24.9 Å². The minimum atomic E-state index is -0.203. The van der Waals surface area contributed by atoms with E-state index in [1.807, 2.05) is 24.7 Å². The molecular formula is C44H49FN10O2. The van der Waals surface area contributed by atoms with E-state index < -0.39 is 0 Å². The highest BCUT2D eigenvalue weighted by Gasteiger charge is 2.33. The molecule has 4 aromatic rings. The van der Waals surface area contributed by atoms with Crippen LogP contribution in [0.3, 0.4) is 0 Å². The number of halogens is 1. The van der Waals surface area contributed by atoms with Crippen LogP contribution >= 0.6 is 0 Å². The number of nitrogens with zero attached hydrogens (tertiary/aromatic N) is 9. The Morgan fingerprint density at radius 2 is 1.60 bits per heavy atom. The fourth-order valence-electron chi connectivity index (χ4n) is 9.24. The van der Waals surface area contributed by atoms with E-state index in [0.717, 1.165) is 111 Å². The van der Waals surface area contributed by atoms with Crippen LogP contribution in [-0.4, -0.2) is 103 Å². The molecule has 10 rings (SSSR count). The van der Waals surface area contributed by atoms with Crippen molar-refractivity contribution in [2.24, 2.45) is 0 Å². The van der Waals surface area contributed by atoms with Gasteiger partial charge in [-0.3, -0.25) is 4.98 Å². The van der Waals surface area contributed by atoms with Crippen molar-refractivity contribution >= 4 is 39.6 Å². The summed E-state index contributed by atoms with van der Waals surface area (Å²) in [5.41, 5.74) is 5.31. The Bertz CT molecular complexity index is 2300. The Labute approximate surface area is 332 Å². The molecule has 0 saturated carbocycles. The zero-order chi connectivity index (χ0) is 38.1. The highest BCUT2D eigenvalue weighted by Crippen LogP contribution is 2.40. The molecule has 3 atom stereocenters. The van der Waals surface area contributed by atoms with Crippen LogP contribution in [0.4, 0.5) is 33.2 Å². The minimum Gasteiger partial charge on any atom is -0.378 e. The van der Waals surface area contributed by atoms with Crippen LogP contribution in [0.15, 0.2) is 91.5 Å². The van der Waals surface area contributed by atoms with Gasteiger partial charge in [-0.1, -0.05) is 12.1 Å². The second-order valence-corrected chi connectivity index (χ2v) is 15.7. The van der Waals surface area contributed by atoms with Gasteiger partial charge in [0.15, 0.2) is 0 Å². The third kappa shape index (κ3) is 7.41. The van der Waals surface area contributed by atoms with Crippen molar-refractivity contribution in [3.63, 3.8) is 0 Å². The molecule has 0 bridgehead atoms. The summed E-state index contributed by atoms with van der Waals surface area (Å²) in [6.45, 7) is 8.36. The van der Waals surface area contributed by atoms with E-state index >= 15 is 0 Å². The van der Waals surface area contributed by atoms with Crippen molar-refractivity contribution in [2.45, 2.75) is 43.8 Å². The molecule has 0 amide bonds. The highest BCUT2D eigenvalue weighted by atomic mass is 19.1. The van der Waals surface area contributed by atoms with Gasteiger partial charge in [-0.25, -0.2) is 14.4 Å². The molecule has 1 unspecified atom stereocenters. The molecule has 8 heterocycles. The number of anilines is 5. The van der Waals surface area contributed by atoms with Gasteiger partial charge in [-0.2, -0.15) is 4.98 Å². The number of aromatic nitrogens is 5. The predicted molar refractivity (Wildman–Crippen MR) is 222 cm³/mol. The average Bonchev–Trinajstić information content (AvgIpc) is 3.77. The molecule has 0 aliphatic carbocycles. The first-order chi connectivity index (χ1) is 28.1. The number of morpholine rings is 2. The number of fused-ring (bicyclic) bond motifs is 2. The van der Waals surface area contributed by atoms with E-state index in [1.165, 1.54) is 17.1 Å². The second kappa shape index (κ2) is 15.8. The van der Waals surface area contributed by atoms with Crippen molar-refractivity contribution in [3.8, 4) is 11.4 Å². The monoisotopic (exact) mass is 768 g/mol. The average molecular weight is 769 g/mol. The van der Waals surface area contributed by atoms with Gasteiger partial charge in [0.2, 0.25) is 5.95 Å². The zero-order valence-corrected chi connectivity index (χ0v) is 32.2. The smallest absolute Gasteiger partial charge is 0.225 e. The summed E-state index contributed by atoms with van der Waals surface area (Å²) < 4.78 is 28.4. The number of rotatable bonds is 8. The number of ether oxygens (including phenoxy) is 2. The van der Waals surface area contributed by atoms with Gasteiger partial charge < -0.3 is 39.0 Å². The number of benzene rings is 2. The molecule has 2 aromatic carbocycles. The van der Waals surface area contributed by atoms with Crippen molar-refractivity contribution in [1.82, 2.24) is 24.5 Å². The Balaban J connectivity index is 0.935. The van der Waals surface area contributed by atoms with Gasteiger partial charge in [0.25, 0.3) is 0 Å². The summed E-state index contributed by atoms with van der Waals surface area (Å²) in [7, 11) is 0. The SMILES string of the molecule is Fc1cccc(N2CCC[C@@H](n3ccc(N4CCOCC4c4cc(N5CCOCC5)nc(N[C@@H]5CCCN(c6ccc7ccncc7c6)C5)n4)c4ccnc3-4)C2)c1. The molecule has 57 heavy (non-hydrogen) atoms. The molecule has 13 heteroatoms. The van der Waals surface area contributed by atoms with Crippen LogP contribution in [0.5, 0.6) is 0 Å². The minimum absolute atomic E-state index is 0.122. The van der Waals surface area contributed by atoms with Gasteiger partial charge in [-0.05, 0) is 79.6 Å². The fourth-order valence-corrected chi connectivity index (χ4v) is 9.24. The summed E-state index contributed by atoms with van der Waals surface area (Å²) >= 11 is 0. The molecule has 12 nitrogen and oxygen atoms in total. The van der Waals surface area contributed by atoms with Crippen molar-refractivity contribution in [2.75, 3.05) is 97.2 Å². The Hall–Kier alpha value is -5.53. The Morgan fingerprint density at radius 1 is 0.737 bits per heavy atom. The normalized spacial score (nSPS) is 22.0. The summed E-state index contributed by atoms with van der Waals surface area (Å²) in [5.74, 6) is 2.33. The van der Waals surface area contributed by atoms with Gasteiger partial charge in [0.1, 0.15) is 17.5 Å². The lowest BCUT2D eigenvalue weighted by molar-refractivity contribution is 0.0930. The molecule has 0 radical (unpaired) electrons. The van der Waals surface area contributed by atoms with Crippen molar-refractivity contribution in [3.05, 3.63) is 103 Å². The molecule has 4 saturated heterocycles. The third-order valence-corrected chi connectivity index (χ3v) is 12.1. The van der Waals surface area contributed by atoms with E-state index in [1.54, 1.807) is 12.1 Å². The number of pyridine rings is 2. The van der Waals surface area contributed by atoms with Crippen LogP contribution in [0.1, 0.15) is 43.5 Å². The molecular weight excluding hydrogens is 720 g/mol. The molecule has 4 fully saturated rings. The van der Waals surface area contributed by atoms with E-state index in [4.69, 9.17) is 24.4 Å². The van der Waals surface area contributed by atoms with E-state index in [0.29, 0.717) is 32.4 Å². The Kier molecular flexibility index (Phi) is 9.93. The summed E-state index contributed by atoms with van der Waals surface area (Å²) in [4.78, 5) is 29.2. The highest BCUT2D eigenvalue weighted by molar-refractivity contribution is 5.85. The van der Waals surface area contributed by atoms with Gasteiger partial charge in [0, 0.05) is 111 Å². The van der Waals surface area contributed by atoms with Crippen LogP contribution in [-0.2, 0) is 9.47 Å². The number of piperidine rings is 2. The lowest BCUT2D eigenvalue weighted by atomic mass is 10.0. The second-order valence-electron chi connectivity index (χ2n) is 15.7. The van der Waals surface area contributed by atoms with E-state index in [-0.39, 0.29) is 23.9 Å². The number of nitrogens with one attached hydrogen (secondary N) is 1. The first-order valence-electron chi connectivity index (χ1n) is 20.5. The third-order valence-electron chi connectivity index (χ3n) is 12.1. The van der Waals surface area contributed by atoms with E-state index in [2.05, 4.69) is 83.1 Å². The maximum absolute atomic E-state index is 14.2. The van der Waals surface area contributed by atoms with Crippen molar-refractivity contribution in [1.29, 1.82) is 0 Å². The van der Waals surface area contributed by atoms with Gasteiger partial charge in [0.05, 0.1) is 44.2 Å². The van der Waals surface area contributed by atoms with Crippen LogP contribution in [0.2, 0.25) is 0 Å². The zero-order valence-electron chi connectivity index (χ0n) is 32.2. The maximum atomic E-state index is 14.2. The fraction of sp³-hybridized carbons (Fsp3) is 0.409. The molecule has 6 aliphatic heterocycles. The number of hydrogen-bond donors (Lipinski definition) is 1. The maximum Gasteiger partial charge on any atom is 0.225 e. The van der Waals surface area contributed by atoms with E-state index in [9.17, 15) is 4.39 Å². The quantitative estimate of drug-likeness (QED) is 0.177. The predicted octanol–water partition coefficient (Wildman–Crippen LogP) is 6.80. The van der Waals surface area contributed by atoms with Crippen LogP contribution in [0.25, 0.3) is 22.2 Å². The largest absolute Gasteiger partial charge is 0.378 e. The topological polar surface area (TPSA) is 99.9 Å². The standard InChI is InChI=1S/C44H49FN10O2/c45-33-4-1-6-35(25-33)53-16-3-7-37(29-53)54-17-12-40(38-11-14-47-43(38)54)55-20-23-57-30-41(55)39-26-42(51-18-21-56-22-19-51)50-44(49-39)48-34-5-2-15-52(28-34)36-9-8-31-10-13-46-27-32(31)24-36/h1,4,6,8-14,17,24-27,34,37,41H,2-3,5,7,15-16,18-23,28-30H2,(H,48,49,50)/t34-,37-,41?/m1/s1. The number of hydrogen-bond acceptors (Lipinski definition) is 11. The van der Waals surface area contributed by atoms with Crippen molar-refractivity contribution < 1.29 is 13.9 Å². The summed E-state index contributed by atoms with van der Waals surface area (Å²) in [5, 5.41) is 6.14. The van der Waals surface area contributed by atoms with Gasteiger partial charge >= 0.3 is 0 Å². The summed E-state index contributed by atoms with van der Waals surface area (Å²) in [6, 6.07) is 22.5. The lowest BCUT2D eigenvalue weighted by Crippen LogP contribution is -2.43. The molecule has 0 spiro atoms. The Morgan fingerprint density at radius 3 is 2.51 bits per heavy atom.